The van der Waals surface area contributed by atoms with Crippen LogP contribution in [0.3, 0.4) is 0 Å². The SMILES string of the molecule is Cc1nocc1-c1ncc(F)c(OC2CN(C(=O)N3N=CCC3c3cc(F)cc(F)c3)C2)n1. The van der Waals surface area contributed by atoms with E-state index < -0.39 is 35.6 Å². The number of hydrogen-bond donors (Lipinski definition) is 0. The minimum absolute atomic E-state index is 0.167. The highest BCUT2D eigenvalue weighted by Crippen LogP contribution is 2.32. The van der Waals surface area contributed by atoms with Crippen molar-refractivity contribution in [2.75, 3.05) is 13.1 Å². The van der Waals surface area contributed by atoms with Crippen molar-refractivity contribution < 1.29 is 27.2 Å². The van der Waals surface area contributed by atoms with Gasteiger partial charge in [0.15, 0.2) is 5.82 Å². The summed E-state index contributed by atoms with van der Waals surface area (Å²) < 4.78 is 51.9. The van der Waals surface area contributed by atoms with Crippen molar-refractivity contribution in [3.63, 3.8) is 0 Å². The molecule has 1 unspecified atom stereocenters. The fraction of sp³-hybridized carbons (Fsp3) is 0.286. The molecule has 9 nitrogen and oxygen atoms in total. The van der Waals surface area contributed by atoms with Crippen LogP contribution in [0.2, 0.25) is 0 Å². The van der Waals surface area contributed by atoms with Crippen LogP contribution >= 0.6 is 0 Å². The van der Waals surface area contributed by atoms with Gasteiger partial charge in [-0.2, -0.15) is 14.5 Å². The number of aromatic nitrogens is 3. The predicted octanol–water partition coefficient (Wildman–Crippen LogP) is 3.47. The molecule has 2 aliphatic rings. The van der Waals surface area contributed by atoms with Crippen LogP contribution in [0.1, 0.15) is 23.7 Å². The summed E-state index contributed by atoms with van der Waals surface area (Å²) in [7, 11) is 0. The van der Waals surface area contributed by atoms with Crippen molar-refractivity contribution in [2.45, 2.75) is 25.5 Å². The maximum Gasteiger partial charge on any atom is 0.341 e. The molecule has 2 aromatic heterocycles. The van der Waals surface area contributed by atoms with Gasteiger partial charge in [0, 0.05) is 18.7 Å². The highest BCUT2D eigenvalue weighted by atomic mass is 19.1. The molecular weight excluding hydrogens is 441 g/mol. The summed E-state index contributed by atoms with van der Waals surface area (Å²) in [5, 5.41) is 8.99. The van der Waals surface area contributed by atoms with E-state index in [1.54, 1.807) is 6.92 Å². The van der Waals surface area contributed by atoms with Crippen molar-refractivity contribution in [3.05, 3.63) is 59.4 Å². The van der Waals surface area contributed by atoms with E-state index in [1.165, 1.54) is 34.5 Å². The maximum absolute atomic E-state index is 14.2. The van der Waals surface area contributed by atoms with Crippen molar-refractivity contribution >= 4 is 12.2 Å². The van der Waals surface area contributed by atoms with E-state index in [-0.39, 0.29) is 24.8 Å². The molecule has 0 saturated carbocycles. The van der Waals surface area contributed by atoms with Gasteiger partial charge in [0.05, 0.1) is 36.6 Å². The minimum Gasteiger partial charge on any atom is -0.468 e. The molecule has 1 atom stereocenters. The third-order valence-corrected chi connectivity index (χ3v) is 5.40. The number of aryl methyl sites for hydroxylation is 1. The van der Waals surface area contributed by atoms with E-state index in [1.807, 2.05) is 0 Å². The molecule has 0 N–H and O–H groups in total. The molecule has 0 aliphatic carbocycles. The first-order valence-corrected chi connectivity index (χ1v) is 10.1. The molecule has 4 heterocycles. The monoisotopic (exact) mass is 458 g/mol. The number of carbonyl (C=O) groups is 1. The second-order valence-electron chi connectivity index (χ2n) is 7.68. The fourth-order valence-electron chi connectivity index (χ4n) is 3.69. The van der Waals surface area contributed by atoms with Crippen LogP contribution in [0.15, 0.2) is 40.3 Å². The molecule has 12 heteroatoms. The molecular formula is C21H17F3N6O3. The largest absolute Gasteiger partial charge is 0.468 e. The lowest BCUT2D eigenvalue weighted by atomic mass is 10.0. The van der Waals surface area contributed by atoms with Crippen LogP contribution in [0.25, 0.3) is 11.4 Å². The van der Waals surface area contributed by atoms with Gasteiger partial charge in [-0.3, -0.25) is 0 Å². The highest BCUT2D eigenvalue weighted by Gasteiger charge is 2.39. The van der Waals surface area contributed by atoms with Gasteiger partial charge >= 0.3 is 6.03 Å². The van der Waals surface area contributed by atoms with Gasteiger partial charge in [0.2, 0.25) is 5.82 Å². The zero-order valence-electron chi connectivity index (χ0n) is 17.3. The first-order chi connectivity index (χ1) is 15.9. The second kappa shape index (κ2) is 8.19. The first kappa shape index (κ1) is 20.9. The van der Waals surface area contributed by atoms with Gasteiger partial charge < -0.3 is 14.2 Å². The number of urea groups is 1. The average molecular weight is 458 g/mol. The van der Waals surface area contributed by atoms with Crippen molar-refractivity contribution in [1.29, 1.82) is 0 Å². The Kier molecular flexibility index (Phi) is 5.19. The second-order valence-corrected chi connectivity index (χ2v) is 7.68. The normalized spacial score (nSPS) is 18.0. The quantitative estimate of drug-likeness (QED) is 0.594. The number of nitrogens with zero attached hydrogens (tertiary/aromatic N) is 6. The fourth-order valence-corrected chi connectivity index (χ4v) is 3.69. The molecule has 0 radical (unpaired) electrons. The number of ether oxygens (including phenoxy) is 1. The number of carbonyl (C=O) groups excluding carboxylic acids is 1. The van der Waals surface area contributed by atoms with Gasteiger partial charge in [-0.1, -0.05) is 5.16 Å². The lowest BCUT2D eigenvalue weighted by molar-refractivity contribution is 0.0230. The van der Waals surface area contributed by atoms with E-state index >= 15 is 0 Å². The van der Waals surface area contributed by atoms with Gasteiger partial charge in [0.25, 0.3) is 5.88 Å². The van der Waals surface area contributed by atoms with E-state index in [0.717, 1.165) is 12.3 Å². The molecule has 0 bridgehead atoms. The molecule has 2 amide bonds. The van der Waals surface area contributed by atoms with E-state index in [0.29, 0.717) is 23.2 Å². The van der Waals surface area contributed by atoms with Crippen LogP contribution in [0.4, 0.5) is 18.0 Å². The summed E-state index contributed by atoms with van der Waals surface area (Å²) in [4.78, 5) is 22.3. The summed E-state index contributed by atoms with van der Waals surface area (Å²) in [6.45, 7) is 2.04. The topological polar surface area (TPSA) is 97.0 Å². The number of hydrazone groups is 1. The molecule has 1 fully saturated rings. The third kappa shape index (κ3) is 3.99. The summed E-state index contributed by atoms with van der Waals surface area (Å²) in [6, 6.07) is 2.07. The number of rotatable bonds is 4. The van der Waals surface area contributed by atoms with Gasteiger partial charge in [-0.25, -0.2) is 23.6 Å². The zero-order chi connectivity index (χ0) is 23.1. The van der Waals surface area contributed by atoms with E-state index in [9.17, 15) is 18.0 Å². The molecule has 5 rings (SSSR count). The molecule has 1 aromatic carbocycles. The van der Waals surface area contributed by atoms with E-state index in [4.69, 9.17) is 9.26 Å². The number of benzene rings is 1. The van der Waals surface area contributed by atoms with Crippen LogP contribution in [0, 0.1) is 24.4 Å². The Labute approximate surface area is 185 Å². The Morgan fingerprint density at radius 1 is 1.18 bits per heavy atom. The summed E-state index contributed by atoms with van der Waals surface area (Å²) in [5.41, 5.74) is 1.37. The molecule has 170 valence electrons. The Bertz CT molecular complexity index is 1220. The van der Waals surface area contributed by atoms with Crippen LogP contribution in [-0.2, 0) is 0 Å². The number of halogens is 3. The zero-order valence-corrected chi connectivity index (χ0v) is 17.3. The van der Waals surface area contributed by atoms with Crippen molar-refractivity contribution in [3.8, 4) is 17.3 Å². The molecule has 2 aliphatic heterocycles. The summed E-state index contributed by atoms with van der Waals surface area (Å²) in [6.07, 6.45) is 3.70. The maximum atomic E-state index is 14.2. The van der Waals surface area contributed by atoms with Gasteiger partial charge in [-0.15, -0.1) is 0 Å². The van der Waals surface area contributed by atoms with Crippen LogP contribution in [0.5, 0.6) is 5.88 Å². The number of likely N-dealkylation sites (tertiary alicyclic amines) is 1. The molecule has 0 spiro atoms. The minimum atomic E-state index is -0.741. The first-order valence-electron chi connectivity index (χ1n) is 10.1. The Hall–Kier alpha value is -3.96. The van der Waals surface area contributed by atoms with Gasteiger partial charge in [0.1, 0.15) is 24.0 Å². The lowest BCUT2D eigenvalue weighted by Gasteiger charge is -2.40. The number of amides is 2. The van der Waals surface area contributed by atoms with Crippen molar-refractivity contribution in [1.82, 2.24) is 25.0 Å². The van der Waals surface area contributed by atoms with Gasteiger partial charge in [-0.05, 0) is 24.6 Å². The summed E-state index contributed by atoms with van der Waals surface area (Å²) in [5.74, 6) is -2.24. The Morgan fingerprint density at radius 2 is 1.94 bits per heavy atom. The summed E-state index contributed by atoms with van der Waals surface area (Å²) >= 11 is 0. The van der Waals surface area contributed by atoms with Crippen LogP contribution in [-0.4, -0.2) is 56.5 Å². The average Bonchev–Trinajstić information content (AvgIpc) is 3.39. The number of hydrogen-bond acceptors (Lipinski definition) is 7. The lowest BCUT2D eigenvalue weighted by Crippen LogP contribution is -2.59. The smallest absolute Gasteiger partial charge is 0.341 e. The predicted molar refractivity (Wildman–Crippen MR) is 108 cm³/mol. The van der Waals surface area contributed by atoms with Crippen molar-refractivity contribution in [2.24, 2.45) is 5.10 Å². The third-order valence-electron chi connectivity index (χ3n) is 5.40. The standard InChI is InChI=1S/C21H17F3N6O3/c1-11-16(10-32-28-11)19-25-7-17(24)20(27-19)33-15-8-29(9-15)21(31)30-18(2-3-26-30)12-4-13(22)6-14(23)5-12/h3-7,10,15,18H,2,8-9H2,1H3. The Morgan fingerprint density at radius 3 is 2.64 bits per heavy atom. The molecule has 3 aromatic rings. The molecule has 33 heavy (non-hydrogen) atoms. The highest BCUT2D eigenvalue weighted by molar-refractivity contribution is 5.79. The van der Waals surface area contributed by atoms with Crippen LogP contribution < -0.4 is 4.74 Å². The van der Waals surface area contributed by atoms with E-state index in [2.05, 4.69) is 20.2 Å². The molecule has 1 saturated heterocycles. The Balaban J connectivity index is 1.24.